The molecule has 4 rings (SSSR count). The van der Waals surface area contributed by atoms with Gasteiger partial charge in [-0.1, -0.05) is 62.2 Å². The van der Waals surface area contributed by atoms with Crippen LogP contribution in [0.15, 0.2) is 81.7 Å². The van der Waals surface area contributed by atoms with Gasteiger partial charge in [0.2, 0.25) is 0 Å². The van der Waals surface area contributed by atoms with E-state index in [1.807, 2.05) is 16.8 Å². The van der Waals surface area contributed by atoms with Gasteiger partial charge >= 0.3 is 0 Å². The third kappa shape index (κ3) is 3.78. The first-order valence-corrected chi connectivity index (χ1v) is 10.3. The van der Waals surface area contributed by atoms with Crippen molar-refractivity contribution in [2.24, 2.45) is 0 Å². The summed E-state index contributed by atoms with van der Waals surface area (Å²) in [6.07, 6.45) is 0. The molecular formula is C23H18Br2N2. The van der Waals surface area contributed by atoms with Gasteiger partial charge in [-0.3, -0.25) is 0 Å². The summed E-state index contributed by atoms with van der Waals surface area (Å²) in [4.78, 5) is 0. The summed E-state index contributed by atoms with van der Waals surface area (Å²) in [5.41, 5.74) is 7.87. The summed E-state index contributed by atoms with van der Waals surface area (Å²) in [7, 11) is 0. The molecule has 0 radical (unpaired) electrons. The van der Waals surface area contributed by atoms with Crippen molar-refractivity contribution >= 4 is 31.9 Å². The van der Waals surface area contributed by atoms with Crippen LogP contribution in [0, 0.1) is 13.8 Å². The Morgan fingerprint density at radius 3 is 1.85 bits per heavy atom. The number of nitrogens with zero attached hydrogens (tertiary/aromatic N) is 2. The quantitative estimate of drug-likeness (QED) is 0.299. The molecule has 134 valence electrons. The van der Waals surface area contributed by atoms with Crippen molar-refractivity contribution in [3.63, 3.8) is 0 Å². The molecule has 4 aromatic rings. The molecule has 0 N–H and O–H groups in total. The molecule has 0 aliphatic rings. The van der Waals surface area contributed by atoms with Gasteiger partial charge < -0.3 is 0 Å². The standard InChI is InChI=1S/C23H18Br2N2/c1-15-3-12-21(13-16(15)2)27-23(18-6-10-20(25)11-7-18)14-22(26-27)17-4-8-19(24)9-5-17/h3-14H,1-2H3. The van der Waals surface area contributed by atoms with Crippen molar-refractivity contribution < 1.29 is 0 Å². The highest BCUT2D eigenvalue weighted by Gasteiger charge is 2.14. The smallest absolute Gasteiger partial charge is 0.0934 e. The Kier molecular flexibility index (Phi) is 5.02. The molecule has 0 atom stereocenters. The van der Waals surface area contributed by atoms with E-state index in [0.717, 1.165) is 37.1 Å². The lowest BCUT2D eigenvalue weighted by atomic mass is 10.1. The predicted octanol–water partition coefficient (Wildman–Crippen LogP) is 7.35. The fourth-order valence-electron chi connectivity index (χ4n) is 3.02. The zero-order valence-corrected chi connectivity index (χ0v) is 18.3. The number of halogens is 2. The molecule has 4 heteroatoms. The van der Waals surface area contributed by atoms with Gasteiger partial charge in [-0.05, 0) is 67.4 Å². The van der Waals surface area contributed by atoms with Crippen LogP contribution in [-0.2, 0) is 0 Å². The van der Waals surface area contributed by atoms with Crippen molar-refractivity contribution in [3.8, 4) is 28.2 Å². The summed E-state index contributed by atoms with van der Waals surface area (Å²) >= 11 is 7.02. The fourth-order valence-corrected chi connectivity index (χ4v) is 3.55. The van der Waals surface area contributed by atoms with Gasteiger partial charge in [0.05, 0.1) is 17.1 Å². The molecule has 0 fully saturated rings. The molecule has 0 unspecified atom stereocenters. The van der Waals surface area contributed by atoms with Gasteiger partial charge in [0.1, 0.15) is 0 Å². The summed E-state index contributed by atoms with van der Waals surface area (Å²) in [5.74, 6) is 0. The number of benzene rings is 3. The summed E-state index contributed by atoms with van der Waals surface area (Å²) in [6, 6.07) is 25.2. The maximum Gasteiger partial charge on any atom is 0.0934 e. The Bertz CT molecular complexity index is 1090. The van der Waals surface area contributed by atoms with E-state index in [0.29, 0.717) is 0 Å². The van der Waals surface area contributed by atoms with Crippen molar-refractivity contribution in [2.75, 3.05) is 0 Å². The first-order valence-electron chi connectivity index (χ1n) is 8.71. The van der Waals surface area contributed by atoms with E-state index >= 15 is 0 Å². The second kappa shape index (κ2) is 7.45. The highest BCUT2D eigenvalue weighted by molar-refractivity contribution is 9.10. The van der Waals surface area contributed by atoms with Crippen LogP contribution in [0.3, 0.4) is 0 Å². The molecule has 0 saturated heterocycles. The molecule has 0 aliphatic heterocycles. The van der Waals surface area contributed by atoms with Crippen LogP contribution in [0.5, 0.6) is 0 Å². The van der Waals surface area contributed by atoms with E-state index in [9.17, 15) is 0 Å². The van der Waals surface area contributed by atoms with E-state index < -0.39 is 0 Å². The van der Waals surface area contributed by atoms with E-state index in [1.54, 1.807) is 0 Å². The highest BCUT2D eigenvalue weighted by Crippen LogP contribution is 2.30. The molecule has 0 amide bonds. The van der Waals surface area contributed by atoms with E-state index in [-0.39, 0.29) is 0 Å². The summed E-state index contributed by atoms with van der Waals surface area (Å²) < 4.78 is 4.16. The number of hydrogen-bond acceptors (Lipinski definition) is 1. The van der Waals surface area contributed by atoms with Crippen LogP contribution in [0.2, 0.25) is 0 Å². The lowest BCUT2D eigenvalue weighted by molar-refractivity contribution is 0.889. The van der Waals surface area contributed by atoms with Crippen LogP contribution in [-0.4, -0.2) is 9.78 Å². The van der Waals surface area contributed by atoms with Crippen molar-refractivity contribution in [1.29, 1.82) is 0 Å². The summed E-state index contributed by atoms with van der Waals surface area (Å²) in [5, 5.41) is 4.94. The molecule has 1 heterocycles. The van der Waals surface area contributed by atoms with Crippen LogP contribution in [0.4, 0.5) is 0 Å². The van der Waals surface area contributed by atoms with Crippen molar-refractivity contribution in [1.82, 2.24) is 9.78 Å². The molecule has 0 spiro atoms. The molecular weight excluding hydrogens is 464 g/mol. The third-order valence-corrected chi connectivity index (χ3v) is 5.78. The Labute approximate surface area is 176 Å². The molecule has 3 aromatic carbocycles. The molecule has 27 heavy (non-hydrogen) atoms. The molecule has 0 saturated carbocycles. The van der Waals surface area contributed by atoms with Crippen molar-refractivity contribution in [2.45, 2.75) is 13.8 Å². The molecule has 1 aromatic heterocycles. The zero-order chi connectivity index (χ0) is 19.0. The highest BCUT2D eigenvalue weighted by atomic mass is 79.9. The van der Waals surface area contributed by atoms with Crippen LogP contribution in [0.25, 0.3) is 28.2 Å². The van der Waals surface area contributed by atoms with E-state index in [2.05, 4.69) is 106 Å². The van der Waals surface area contributed by atoms with Crippen molar-refractivity contribution in [3.05, 3.63) is 92.9 Å². The average Bonchev–Trinajstić information content (AvgIpc) is 3.10. The van der Waals surface area contributed by atoms with Gasteiger partial charge in [0.15, 0.2) is 0 Å². The predicted molar refractivity (Wildman–Crippen MR) is 119 cm³/mol. The second-order valence-electron chi connectivity index (χ2n) is 6.61. The lowest BCUT2D eigenvalue weighted by Gasteiger charge is -2.10. The van der Waals surface area contributed by atoms with Crippen LogP contribution in [0.1, 0.15) is 11.1 Å². The Morgan fingerprint density at radius 1 is 0.667 bits per heavy atom. The van der Waals surface area contributed by atoms with Gasteiger partial charge in [-0.15, -0.1) is 0 Å². The Balaban J connectivity index is 1.90. The monoisotopic (exact) mass is 480 g/mol. The zero-order valence-electron chi connectivity index (χ0n) is 15.1. The maximum atomic E-state index is 4.94. The third-order valence-electron chi connectivity index (χ3n) is 4.72. The topological polar surface area (TPSA) is 17.8 Å². The first-order chi connectivity index (χ1) is 13.0. The second-order valence-corrected chi connectivity index (χ2v) is 8.44. The Morgan fingerprint density at radius 2 is 1.26 bits per heavy atom. The number of aryl methyl sites for hydroxylation is 2. The van der Waals surface area contributed by atoms with Gasteiger partial charge in [-0.25, -0.2) is 4.68 Å². The first kappa shape index (κ1) is 18.2. The van der Waals surface area contributed by atoms with Gasteiger partial charge in [0, 0.05) is 20.1 Å². The van der Waals surface area contributed by atoms with Gasteiger partial charge in [0.25, 0.3) is 0 Å². The molecule has 0 bridgehead atoms. The minimum Gasteiger partial charge on any atom is -0.232 e. The lowest BCUT2D eigenvalue weighted by Crippen LogP contribution is -2.00. The van der Waals surface area contributed by atoms with Gasteiger partial charge in [-0.2, -0.15) is 5.10 Å². The number of rotatable bonds is 3. The Hall–Kier alpha value is -2.17. The normalized spacial score (nSPS) is 11.0. The summed E-state index contributed by atoms with van der Waals surface area (Å²) in [6.45, 7) is 4.27. The number of aromatic nitrogens is 2. The maximum absolute atomic E-state index is 4.94. The fraction of sp³-hybridized carbons (Fsp3) is 0.0870. The minimum absolute atomic E-state index is 0.957. The van der Waals surface area contributed by atoms with E-state index in [4.69, 9.17) is 5.10 Å². The molecule has 0 aliphatic carbocycles. The van der Waals surface area contributed by atoms with Crippen LogP contribution >= 0.6 is 31.9 Å². The van der Waals surface area contributed by atoms with Crippen LogP contribution < -0.4 is 0 Å². The SMILES string of the molecule is Cc1ccc(-n2nc(-c3ccc(Br)cc3)cc2-c2ccc(Br)cc2)cc1C. The molecule has 2 nitrogen and oxygen atoms in total. The minimum atomic E-state index is 0.957. The largest absolute Gasteiger partial charge is 0.232 e. The average molecular weight is 482 g/mol. The van der Waals surface area contributed by atoms with E-state index in [1.165, 1.54) is 11.1 Å². The number of hydrogen-bond donors (Lipinski definition) is 0.